The van der Waals surface area contributed by atoms with Gasteiger partial charge in [-0.05, 0) is 42.3 Å². The predicted molar refractivity (Wildman–Crippen MR) is 91.0 cm³/mol. The minimum Gasteiger partial charge on any atom is -0.403 e. The van der Waals surface area contributed by atoms with Gasteiger partial charge in [0.25, 0.3) is 10.2 Å². The molecule has 0 spiro atoms. The highest BCUT2D eigenvalue weighted by molar-refractivity contribution is 7.90. The summed E-state index contributed by atoms with van der Waals surface area (Å²) in [7, 11) is -3.85. The van der Waals surface area contributed by atoms with Gasteiger partial charge in [0, 0.05) is 23.6 Å². The Hall–Kier alpha value is -2.71. The van der Waals surface area contributed by atoms with Crippen LogP contribution in [0.2, 0.25) is 0 Å². The molecule has 0 bridgehead atoms. The average molecular weight is 345 g/mol. The third-order valence-electron chi connectivity index (χ3n) is 3.63. The fourth-order valence-corrected chi connectivity index (χ4v) is 3.00. The number of anilines is 1. The van der Waals surface area contributed by atoms with Gasteiger partial charge >= 0.3 is 5.63 Å². The number of nitrogens with zero attached hydrogens (tertiary/aromatic N) is 1. The number of aromatic nitrogens is 1. The van der Waals surface area contributed by atoms with Crippen LogP contribution < -0.4 is 15.5 Å². The summed E-state index contributed by atoms with van der Waals surface area (Å²) in [5.74, 6) is 0. The maximum Gasteiger partial charge on any atom is 0.341 e. The molecule has 8 heteroatoms. The van der Waals surface area contributed by atoms with Gasteiger partial charge in [0.1, 0.15) is 0 Å². The molecule has 3 N–H and O–H groups in total. The molecule has 0 atom stereocenters. The van der Waals surface area contributed by atoms with Crippen molar-refractivity contribution in [3.8, 4) is 0 Å². The second-order valence-corrected chi connectivity index (χ2v) is 6.67. The third kappa shape index (κ3) is 3.44. The zero-order valence-electron chi connectivity index (χ0n) is 12.8. The Morgan fingerprint density at radius 1 is 1.25 bits per heavy atom. The lowest BCUT2D eigenvalue weighted by Gasteiger charge is -2.09. The Balaban J connectivity index is 2.01. The monoisotopic (exact) mass is 345 g/mol. The number of rotatable bonds is 4. The van der Waals surface area contributed by atoms with E-state index in [1.54, 1.807) is 36.5 Å². The van der Waals surface area contributed by atoms with Gasteiger partial charge in [-0.3, -0.25) is 4.72 Å². The van der Waals surface area contributed by atoms with Crippen LogP contribution in [0.15, 0.2) is 51.8 Å². The van der Waals surface area contributed by atoms with E-state index in [2.05, 4.69) is 9.71 Å². The van der Waals surface area contributed by atoms with Gasteiger partial charge in [-0.25, -0.2) is 14.9 Å². The molecule has 0 aliphatic rings. The number of nitrogens with one attached hydrogen (secondary N) is 1. The zero-order chi connectivity index (χ0) is 17.3. The van der Waals surface area contributed by atoms with E-state index >= 15 is 0 Å². The van der Waals surface area contributed by atoms with Crippen LogP contribution in [-0.2, 0) is 16.6 Å². The summed E-state index contributed by atoms with van der Waals surface area (Å²) in [5.41, 5.74) is 2.22. The fourth-order valence-electron chi connectivity index (χ4n) is 2.54. The summed E-state index contributed by atoms with van der Waals surface area (Å²) in [5, 5.41) is 5.74. The van der Waals surface area contributed by atoms with Crippen LogP contribution in [0.3, 0.4) is 0 Å². The van der Waals surface area contributed by atoms with Gasteiger partial charge in [-0.1, -0.05) is 12.1 Å². The van der Waals surface area contributed by atoms with Crippen molar-refractivity contribution in [3.63, 3.8) is 0 Å². The number of hydrogen-bond acceptors (Lipinski definition) is 5. The van der Waals surface area contributed by atoms with Gasteiger partial charge in [0.15, 0.2) is 0 Å². The van der Waals surface area contributed by atoms with Crippen LogP contribution in [0.5, 0.6) is 0 Å². The topological polar surface area (TPSA) is 115 Å². The molecule has 0 unspecified atom stereocenters. The summed E-state index contributed by atoms with van der Waals surface area (Å²) in [4.78, 5) is 16.3. The summed E-state index contributed by atoms with van der Waals surface area (Å²) in [6, 6.07) is 10.3. The van der Waals surface area contributed by atoms with Crippen molar-refractivity contribution >= 4 is 27.0 Å². The van der Waals surface area contributed by atoms with E-state index in [1.165, 1.54) is 0 Å². The highest BCUT2D eigenvalue weighted by Crippen LogP contribution is 2.20. The molecule has 2 aromatic heterocycles. The lowest BCUT2D eigenvalue weighted by atomic mass is 10.0. The molecule has 0 aliphatic heterocycles. The maximum atomic E-state index is 12.2. The lowest BCUT2D eigenvalue weighted by molar-refractivity contribution is 0.540. The first-order valence-electron chi connectivity index (χ1n) is 7.10. The summed E-state index contributed by atoms with van der Waals surface area (Å²) in [6.45, 7) is 1.84. The van der Waals surface area contributed by atoms with Crippen LogP contribution in [-0.4, -0.2) is 13.4 Å². The number of hydrogen-bond donors (Lipinski definition) is 2. The highest BCUT2D eigenvalue weighted by Gasteiger charge is 2.13. The molecule has 0 amide bonds. The number of benzene rings is 1. The van der Waals surface area contributed by atoms with Gasteiger partial charge < -0.3 is 4.42 Å². The maximum absolute atomic E-state index is 12.2. The van der Waals surface area contributed by atoms with E-state index in [9.17, 15) is 13.2 Å². The highest BCUT2D eigenvalue weighted by atomic mass is 32.2. The third-order valence-corrected chi connectivity index (χ3v) is 4.15. The molecule has 124 valence electrons. The molecule has 0 saturated heterocycles. The Bertz CT molecular complexity index is 1070. The number of fused-ring (bicyclic) bond motifs is 1. The number of aryl methyl sites for hydroxylation is 1. The minimum absolute atomic E-state index is 0.299. The second-order valence-electron chi connectivity index (χ2n) is 5.37. The van der Waals surface area contributed by atoms with Crippen molar-refractivity contribution in [1.29, 1.82) is 0 Å². The molecular weight excluding hydrogens is 330 g/mol. The molecule has 2 heterocycles. The minimum atomic E-state index is -3.85. The van der Waals surface area contributed by atoms with Crippen molar-refractivity contribution in [1.82, 2.24) is 4.98 Å². The normalized spacial score (nSPS) is 11.6. The molecule has 0 saturated carbocycles. The average Bonchev–Trinajstić information content (AvgIpc) is 2.50. The largest absolute Gasteiger partial charge is 0.403 e. The summed E-state index contributed by atoms with van der Waals surface area (Å²) < 4.78 is 29.7. The van der Waals surface area contributed by atoms with Crippen LogP contribution >= 0.6 is 0 Å². The van der Waals surface area contributed by atoms with E-state index in [0.717, 1.165) is 16.5 Å². The first kappa shape index (κ1) is 16.2. The van der Waals surface area contributed by atoms with Gasteiger partial charge in [-0.2, -0.15) is 8.42 Å². The standard InChI is InChI=1S/C16H15N3O4S/c1-10-13-6-3-7-18-15(13)23-16(20)14(10)9-11-4-2-5-12(8-11)19-24(17,21)22/h2-8,19H,9H2,1H3,(H2,17,21,22). The summed E-state index contributed by atoms with van der Waals surface area (Å²) in [6.07, 6.45) is 1.87. The van der Waals surface area contributed by atoms with Crippen molar-refractivity contribution < 1.29 is 12.8 Å². The quantitative estimate of drug-likeness (QED) is 0.747. The van der Waals surface area contributed by atoms with Crippen LogP contribution in [0.4, 0.5) is 5.69 Å². The SMILES string of the molecule is Cc1c(Cc2cccc(NS(N)(=O)=O)c2)c(=O)oc2ncccc12. The Morgan fingerprint density at radius 3 is 2.79 bits per heavy atom. The van der Waals surface area contributed by atoms with Crippen LogP contribution in [0.1, 0.15) is 16.7 Å². The molecule has 3 rings (SSSR count). The van der Waals surface area contributed by atoms with Crippen LogP contribution in [0, 0.1) is 6.92 Å². The molecule has 1 aromatic carbocycles. The molecule has 0 fully saturated rings. The van der Waals surface area contributed by atoms with Gasteiger partial charge in [-0.15, -0.1) is 0 Å². The van der Waals surface area contributed by atoms with Gasteiger partial charge in [0.2, 0.25) is 5.71 Å². The Kier molecular flexibility index (Phi) is 4.08. The first-order valence-corrected chi connectivity index (χ1v) is 8.65. The van der Waals surface area contributed by atoms with Crippen molar-refractivity contribution in [2.24, 2.45) is 5.14 Å². The van der Waals surface area contributed by atoms with Crippen molar-refractivity contribution in [2.45, 2.75) is 13.3 Å². The molecule has 24 heavy (non-hydrogen) atoms. The molecular formula is C16H15N3O4S. The first-order chi connectivity index (χ1) is 11.3. The molecule has 3 aromatic rings. The fraction of sp³-hybridized carbons (Fsp3) is 0.125. The molecule has 0 aliphatic carbocycles. The molecule has 0 radical (unpaired) electrons. The van der Waals surface area contributed by atoms with E-state index in [1.807, 2.05) is 13.0 Å². The van der Waals surface area contributed by atoms with Crippen molar-refractivity contribution in [3.05, 3.63) is 69.7 Å². The number of pyridine rings is 1. The second kappa shape index (κ2) is 6.06. The lowest BCUT2D eigenvalue weighted by Crippen LogP contribution is -2.21. The summed E-state index contributed by atoms with van der Waals surface area (Å²) >= 11 is 0. The van der Waals surface area contributed by atoms with Crippen LogP contribution in [0.25, 0.3) is 11.1 Å². The van der Waals surface area contributed by atoms with E-state index in [0.29, 0.717) is 23.4 Å². The Labute approximate surface area is 138 Å². The predicted octanol–water partition coefficient (Wildman–Crippen LogP) is 1.70. The van der Waals surface area contributed by atoms with Gasteiger partial charge in [0.05, 0.1) is 5.69 Å². The van der Waals surface area contributed by atoms with E-state index in [-0.39, 0.29) is 0 Å². The molecule has 7 nitrogen and oxygen atoms in total. The smallest absolute Gasteiger partial charge is 0.341 e. The van der Waals surface area contributed by atoms with E-state index < -0.39 is 15.8 Å². The van der Waals surface area contributed by atoms with Crippen molar-refractivity contribution in [2.75, 3.05) is 4.72 Å². The Morgan fingerprint density at radius 2 is 2.04 bits per heavy atom. The zero-order valence-corrected chi connectivity index (χ0v) is 13.6. The number of nitrogens with two attached hydrogens (primary N) is 1. The van der Waals surface area contributed by atoms with E-state index in [4.69, 9.17) is 9.56 Å².